The summed E-state index contributed by atoms with van der Waals surface area (Å²) in [6.07, 6.45) is 1.98. The van der Waals surface area contributed by atoms with Crippen molar-refractivity contribution < 1.29 is 0 Å². The zero-order valence-corrected chi connectivity index (χ0v) is 11.3. The van der Waals surface area contributed by atoms with E-state index in [4.69, 9.17) is 0 Å². The smallest absolute Gasteiger partial charge is 0.0702 e. The van der Waals surface area contributed by atoms with Gasteiger partial charge in [-0.25, -0.2) is 0 Å². The number of rotatable bonds is 2. The van der Waals surface area contributed by atoms with Crippen LogP contribution in [0.3, 0.4) is 0 Å². The molecule has 0 aliphatic heterocycles. The maximum Gasteiger partial charge on any atom is 0.0702 e. The van der Waals surface area contributed by atoms with Crippen LogP contribution < -0.4 is 0 Å². The summed E-state index contributed by atoms with van der Waals surface area (Å²) in [5.41, 5.74) is 4.91. The summed E-state index contributed by atoms with van der Waals surface area (Å²) in [5.74, 6) is 0.516. The fourth-order valence-electron chi connectivity index (χ4n) is 2.48. The van der Waals surface area contributed by atoms with Crippen molar-refractivity contribution in [1.29, 1.82) is 0 Å². The normalized spacial score (nSPS) is 11.1. The lowest BCUT2D eigenvalue weighted by molar-refractivity contribution is 0.869. The van der Waals surface area contributed by atoms with Gasteiger partial charge in [0.2, 0.25) is 0 Å². The van der Waals surface area contributed by atoms with E-state index in [1.807, 2.05) is 18.3 Å². The fourth-order valence-corrected chi connectivity index (χ4v) is 2.48. The van der Waals surface area contributed by atoms with Crippen LogP contribution in [0, 0.1) is 0 Å². The molecular weight excluding hydrogens is 230 g/mol. The van der Waals surface area contributed by atoms with Crippen molar-refractivity contribution in [3.8, 4) is 11.1 Å². The average Bonchev–Trinajstić information content (AvgIpc) is 2.46. The molecule has 19 heavy (non-hydrogen) atoms. The van der Waals surface area contributed by atoms with Gasteiger partial charge in [0.15, 0.2) is 0 Å². The van der Waals surface area contributed by atoms with Crippen LogP contribution in [-0.4, -0.2) is 4.98 Å². The van der Waals surface area contributed by atoms with Gasteiger partial charge in [0, 0.05) is 17.1 Å². The highest BCUT2D eigenvalue weighted by atomic mass is 14.6. The molecule has 3 aromatic rings. The molecule has 0 saturated heterocycles. The molecule has 0 unspecified atom stereocenters. The average molecular weight is 247 g/mol. The first-order valence-electron chi connectivity index (χ1n) is 6.70. The van der Waals surface area contributed by atoms with E-state index in [0.29, 0.717) is 5.92 Å². The standard InChI is InChI=1S/C18H17N/c1-13(2)16-8-4-5-9-17(16)15-11-14-7-3-6-10-18(14)19-12-15/h3-13H,1-2H3. The largest absolute Gasteiger partial charge is 0.256 e. The van der Waals surface area contributed by atoms with E-state index in [1.165, 1.54) is 22.1 Å². The van der Waals surface area contributed by atoms with Gasteiger partial charge in [0.25, 0.3) is 0 Å². The maximum atomic E-state index is 4.56. The molecule has 0 atom stereocenters. The first kappa shape index (κ1) is 11.9. The predicted octanol–water partition coefficient (Wildman–Crippen LogP) is 5.03. The number of benzene rings is 2. The van der Waals surface area contributed by atoms with Gasteiger partial charge in [-0.05, 0) is 29.2 Å². The van der Waals surface area contributed by atoms with E-state index in [1.54, 1.807) is 0 Å². The third-order valence-corrected chi connectivity index (χ3v) is 3.48. The highest BCUT2D eigenvalue weighted by Gasteiger charge is 2.08. The first-order valence-corrected chi connectivity index (χ1v) is 6.70. The lowest BCUT2D eigenvalue weighted by Gasteiger charge is -2.13. The van der Waals surface area contributed by atoms with E-state index < -0.39 is 0 Å². The predicted molar refractivity (Wildman–Crippen MR) is 81.3 cm³/mol. The Hall–Kier alpha value is -2.15. The van der Waals surface area contributed by atoms with Gasteiger partial charge < -0.3 is 0 Å². The van der Waals surface area contributed by atoms with Crippen LogP contribution in [0.2, 0.25) is 0 Å². The van der Waals surface area contributed by atoms with E-state index in [-0.39, 0.29) is 0 Å². The van der Waals surface area contributed by atoms with Crippen LogP contribution in [0.1, 0.15) is 25.3 Å². The molecule has 94 valence electrons. The molecule has 3 rings (SSSR count). The highest BCUT2D eigenvalue weighted by molar-refractivity contribution is 5.84. The third-order valence-electron chi connectivity index (χ3n) is 3.48. The Bertz CT molecular complexity index is 713. The first-order chi connectivity index (χ1) is 9.25. The second kappa shape index (κ2) is 4.85. The summed E-state index contributed by atoms with van der Waals surface area (Å²) in [6, 6.07) is 19.1. The van der Waals surface area contributed by atoms with Crippen molar-refractivity contribution in [2.75, 3.05) is 0 Å². The number of fused-ring (bicyclic) bond motifs is 1. The monoisotopic (exact) mass is 247 g/mol. The zero-order chi connectivity index (χ0) is 13.2. The van der Waals surface area contributed by atoms with Crippen molar-refractivity contribution >= 4 is 10.9 Å². The second-order valence-electron chi connectivity index (χ2n) is 5.16. The van der Waals surface area contributed by atoms with Crippen molar-refractivity contribution in [1.82, 2.24) is 4.98 Å². The molecule has 2 aromatic carbocycles. The van der Waals surface area contributed by atoms with Crippen molar-refractivity contribution in [2.24, 2.45) is 0 Å². The Morgan fingerprint density at radius 1 is 0.895 bits per heavy atom. The number of hydrogen-bond acceptors (Lipinski definition) is 1. The van der Waals surface area contributed by atoms with Gasteiger partial charge in [-0.2, -0.15) is 0 Å². The Balaban J connectivity index is 2.19. The zero-order valence-electron chi connectivity index (χ0n) is 11.3. The molecule has 0 spiro atoms. The van der Waals surface area contributed by atoms with Crippen LogP contribution in [0.4, 0.5) is 0 Å². The summed E-state index contributed by atoms with van der Waals surface area (Å²) < 4.78 is 0. The van der Waals surface area contributed by atoms with Gasteiger partial charge in [-0.15, -0.1) is 0 Å². The van der Waals surface area contributed by atoms with E-state index >= 15 is 0 Å². The van der Waals surface area contributed by atoms with E-state index in [0.717, 1.165) is 5.52 Å². The molecule has 1 nitrogen and oxygen atoms in total. The molecule has 1 heterocycles. The lowest BCUT2D eigenvalue weighted by Crippen LogP contribution is -1.92. The Morgan fingerprint density at radius 3 is 2.47 bits per heavy atom. The van der Waals surface area contributed by atoms with Gasteiger partial charge >= 0.3 is 0 Å². The van der Waals surface area contributed by atoms with Crippen molar-refractivity contribution in [3.05, 3.63) is 66.4 Å². The van der Waals surface area contributed by atoms with Crippen LogP contribution in [-0.2, 0) is 0 Å². The van der Waals surface area contributed by atoms with Crippen LogP contribution >= 0.6 is 0 Å². The second-order valence-corrected chi connectivity index (χ2v) is 5.16. The molecule has 0 radical (unpaired) electrons. The molecule has 0 aliphatic carbocycles. The fraction of sp³-hybridized carbons (Fsp3) is 0.167. The lowest BCUT2D eigenvalue weighted by atomic mass is 9.93. The molecule has 0 bridgehead atoms. The molecule has 0 amide bonds. The highest BCUT2D eigenvalue weighted by Crippen LogP contribution is 2.30. The summed E-state index contributed by atoms with van der Waals surface area (Å²) in [4.78, 5) is 4.56. The summed E-state index contributed by atoms with van der Waals surface area (Å²) in [6.45, 7) is 4.46. The van der Waals surface area contributed by atoms with Crippen LogP contribution in [0.5, 0.6) is 0 Å². The van der Waals surface area contributed by atoms with E-state index in [9.17, 15) is 0 Å². The molecule has 0 fully saturated rings. The van der Waals surface area contributed by atoms with Crippen molar-refractivity contribution in [2.45, 2.75) is 19.8 Å². The molecule has 0 aliphatic rings. The summed E-state index contributed by atoms with van der Waals surface area (Å²) >= 11 is 0. The van der Waals surface area contributed by atoms with Gasteiger partial charge in [-0.1, -0.05) is 56.3 Å². The molecule has 1 heteroatoms. The minimum Gasteiger partial charge on any atom is -0.256 e. The number of nitrogens with zero attached hydrogens (tertiary/aromatic N) is 1. The Kier molecular flexibility index (Phi) is 3.04. The molecule has 1 aromatic heterocycles. The van der Waals surface area contributed by atoms with Gasteiger partial charge in [0.1, 0.15) is 0 Å². The number of aromatic nitrogens is 1. The Labute approximate surface area is 113 Å². The van der Waals surface area contributed by atoms with Crippen LogP contribution in [0.25, 0.3) is 22.0 Å². The number of para-hydroxylation sites is 1. The van der Waals surface area contributed by atoms with Crippen LogP contribution in [0.15, 0.2) is 60.8 Å². The van der Waals surface area contributed by atoms with Crippen molar-refractivity contribution in [3.63, 3.8) is 0 Å². The number of hydrogen-bond donors (Lipinski definition) is 0. The quantitative estimate of drug-likeness (QED) is 0.619. The van der Waals surface area contributed by atoms with Gasteiger partial charge in [-0.3, -0.25) is 4.98 Å². The molecule has 0 N–H and O–H groups in total. The van der Waals surface area contributed by atoms with E-state index in [2.05, 4.69) is 61.3 Å². The van der Waals surface area contributed by atoms with Gasteiger partial charge in [0.05, 0.1) is 5.52 Å². The maximum absolute atomic E-state index is 4.56. The summed E-state index contributed by atoms with van der Waals surface area (Å²) in [5, 5.41) is 1.19. The Morgan fingerprint density at radius 2 is 1.63 bits per heavy atom. The molecular formula is C18H17N. The number of pyridine rings is 1. The molecule has 0 saturated carbocycles. The topological polar surface area (TPSA) is 12.9 Å². The SMILES string of the molecule is CC(C)c1ccccc1-c1cnc2ccccc2c1. The minimum absolute atomic E-state index is 0.516. The minimum atomic E-state index is 0.516. The summed E-state index contributed by atoms with van der Waals surface area (Å²) in [7, 11) is 0. The third kappa shape index (κ3) is 2.24.